The van der Waals surface area contributed by atoms with Gasteiger partial charge in [0, 0.05) is 48.3 Å². The predicted molar refractivity (Wildman–Crippen MR) is 177 cm³/mol. The first-order valence-corrected chi connectivity index (χ1v) is 16.5. The molecule has 0 bridgehead atoms. The molecule has 0 spiro atoms. The van der Waals surface area contributed by atoms with E-state index in [1.807, 2.05) is 6.07 Å². The van der Waals surface area contributed by atoms with E-state index in [0.29, 0.717) is 6.54 Å². The summed E-state index contributed by atoms with van der Waals surface area (Å²) in [5, 5.41) is 8.23. The topological polar surface area (TPSA) is 47.6 Å². The lowest BCUT2D eigenvalue weighted by Gasteiger charge is -2.31. The molecule has 5 rings (SSSR count). The zero-order chi connectivity index (χ0) is 28.4. The number of nitrogens with zero attached hydrogens (tertiary/aromatic N) is 2. The third kappa shape index (κ3) is 8.77. The summed E-state index contributed by atoms with van der Waals surface area (Å²) in [5.41, 5.74) is 3.73. The highest BCUT2D eigenvalue weighted by Crippen LogP contribution is 2.27. The number of likely N-dealkylation sites (tertiary alicyclic amines) is 1. The molecule has 218 valence electrons. The Bertz CT molecular complexity index is 1200. The molecule has 1 amide bonds. The second-order valence-electron chi connectivity index (χ2n) is 11.4. The Labute approximate surface area is 264 Å². The van der Waals surface area contributed by atoms with Crippen molar-refractivity contribution in [1.29, 1.82) is 0 Å². The van der Waals surface area contributed by atoms with Gasteiger partial charge in [-0.2, -0.15) is 0 Å². The summed E-state index contributed by atoms with van der Waals surface area (Å²) < 4.78 is 1.07. The van der Waals surface area contributed by atoms with E-state index in [4.69, 9.17) is 11.6 Å². The van der Waals surface area contributed by atoms with Gasteiger partial charge in [-0.3, -0.25) is 4.79 Å². The SMILES string of the molecule is O=C1[C@H](CCN2CCCCC2)N[C@H](CNCc2ccc(Cl)c(I)c2)CCN1CC(c1ccccc1)c1ccccc1. The number of hydrogen-bond donors (Lipinski definition) is 2. The number of benzene rings is 3. The van der Waals surface area contributed by atoms with Crippen LogP contribution in [-0.2, 0) is 11.3 Å². The van der Waals surface area contributed by atoms with Crippen LogP contribution in [0, 0.1) is 3.57 Å². The molecule has 41 heavy (non-hydrogen) atoms. The van der Waals surface area contributed by atoms with E-state index in [9.17, 15) is 4.79 Å². The van der Waals surface area contributed by atoms with Gasteiger partial charge in [-0.25, -0.2) is 0 Å². The Morgan fingerprint density at radius 2 is 1.61 bits per heavy atom. The minimum Gasteiger partial charge on any atom is -0.340 e. The number of piperidine rings is 1. The van der Waals surface area contributed by atoms with Gasteiger partial charge >= 0.3 is 0 Å². The normalized spacial score (nSPS) is 20.4. The zero-order valence-corrected chi connectivity index (χ0v) is 26.7. The van der Waals surface area contributed by atoms with Gasteiger partial charge in [-0.1, -0.05) is 84.8 Å². The standard InChI is InChI=1S/C34H42ClIN4O/c35-31-15-14-26(22-32(31)36)23-37-24-29-16-21-40(34(41)33(38-29)17-20-39-18-8-3-9-19-39)25-30(27-10-4-1-5-11-27)28-12-6-2-7-13-28/h1-2,4-7,10-15,22,29-30,33,37-38H,3,8-9,16-21,23-25H2/t29-,33-/m0/s1. The Morgan fingerprint density at radius 3 is 2.27 bits per heavy atom. The molecule has 7 heteroatoms. The highest BCUT2D eigenvalue weighted by atomic mass is 127. The van der Waals surface area contributed by atoms with Gasteiger partial charge in [0.25, 0.3) is 0 Å². The van der Waals surface area contributed by atoms with Crippen LogP contribution in [0.25, 0.3) is 0 Å². The molecule has 2 aliphatic rings. The number of rotatable bonds is 11. The highest BCUT2D eigenvalue weighted by Gasteiger charge is 2.33. The first-order chi connectivity index (χ1) is 20.1. The molecule has 0 aliphatic carbocycles. The fourth-order valence-corrected chi connectivity index (χ4v) is 6.86. The Hall–Kier alpha value is -1.97. The number of nitrogens with one attached hydrogen (secondary N) is 2. The fraction of sp³-hybridized carbons (Fsp3) is 0.441. The van der Waals surface area contributed by atoms with Crippen LogP contribution < -0.4 is 10.6 Å². The molecule has 3 aromatic carbocycles. The van der Waals surface area contributed by atoms with E-state index in [2.05, 4.69) is 116 Å². The number of carbonyl (C=O) groups excluding carboxylic acids is 1. The first kappa shape index (κ1) is 30.5. The summed E-state index contributed by atoms with van der Waals surface area (Å²) in [6.45, 7) is 6.33. The van der Waals surface area contributed by atoms with Crippen molar-refractivity contribution < 1.29 is 4.79 Å². The molecule has 3 aromatic rings. The molecular weight excluding hydrogens is 643 g/mol. The molecule has 5 nitrogen and oxygen atoms in total. The summed E-state index contributed by atoms with van der Waals surface area (Å²) in [6, 6.07) is 27.5. The van der Waals surface area contributed by atoms with Crippen LogP contribution in [0.4, 0.5) is 0 Å². The molecule has 2 N–H and O–H groups in total. The van der Waals surface area contributed by atoms with E-state index in [-0.39, 0.29) is 23.9 Å². The third-order valence-corrected chi connectivity index (χ3v) is 10.0. The monoisotopic (exact) mass is 684 g/mol. The van der Waals surface area contributed by atoms with Crippen LogP contribution in [0.15, 0.2) is 78.9 Å². The van der Waals surface area contributed by atoms with Gasteiger partial charge < -0.3 is 20.4 Å². The lowest BCUT2D eigenvalue weighted by Crippen LogP contribution is -2.50. The maximum absolute atomic E-state index is 14.1. The summed E-state index contributed by atoms with van der Waals surface area (Å²) >= 11 is 8.50. The van der Waals surface area contributed by atoms with Crippen molar-refractivity contribution in [3.05, 3.63) is 104 Å². The van der Waals surface area contributed by atoms with E-state index in [1.54, 1.807) is 0 Å². The van der Waals surface area contributed by atoms with Gasteiger partial charge in [0.1, 0.15) is 0 Å². The molecule has 2 heterocycles. The van der Waals surface area contributed by atoms with Crippen LogP contribution in [0.3, 0.4) is 0 Å². The molecule has 2 atom stereocenters. The molecule has 2 aliphatic heterocycles. The summed E-state index contributed by atoms with van der Waals surface area (Å²) in [7, 11) is 0. The van der Waals surface area contributed by atoms with E-state index in [0.717, 1.165) is 60.7 Å². The molecular formula is C34H42ClIN4O. The largest absolute Gasteiger partial charge is 0.340 e. The van der Waals surface area contributed by atoms with Gasteiger partial charge in [0.15, 0.2) is 0 Å². The molecule has 2 saturated heterocycles. The Balaban J connectivity index is 1.29. The van der Waals surface area contributed by atoms with Crippen LogP contribution >= 0.6 is 34.2 Å². The number of carbonyl (C=O) groups is 1. The van der Waals surface area contributed by atoms with Crippen molar-refractivity contribution in [2.45, 2.75) is 56.7 Å². The van der Waals surface area contributed by atoms with Crippen molar-refractivity contribution in [1.82, 2.24) is 20.4 Å². The van der Waals surface area contributed by atoms with E-state index >= 15 is 0 Å². The second-order valence-corrected chi connectivity index (χ2v) is 13.0. The van der Waals surface area contributed by atoms with Gasteiger partial charge in [0.05, 0.1) is 11.1 Å². The lowest BCUT2D eigenvalue weighted by molar-refractivity contribution is -0.133. The molecule has 2 fully saturated rings. The summed E-state index contributed by atoms with van der Waals surface area (Å²) in [6.07, 6.45) is 5.63. The van der Waals surface area contributed by atoms with Crippen molar-refractivity contribution in [2.75, 3.05) is 39.3 Å². The highest BCUT2D eigenvalue weighted by molar-refractivity contribution is 14.1. The van der Waals surface area contributed by atoms with Gasteiger partial charge in [-0.05, 0) is 90.2 Å². The Kier molecular flexibility index (Phi) is 11.5. The third-order valence-electron chi connectivity index (χ3n) is 8.49. The summed E-state index contributed by atoms with van der Waals surface area (Å²) in [5.74, 6) is 0.389. The van der Waals surface area contributed by atoms with Crippen LogP contribution in [0.1, 0.15) is 54.7 Å². The number of amides is 1. The fourth-order valence-electron chi connectivity index (χ4n) is 6.16. The molecule has 0 aromatic heterocycles. The minimum atomic E-state index is -0.171. The average molecular weight is 685 g/mol. The predicted octanol–water partition coefficient (Wildman–Crippen LogP) is 6.30. The van der Waals surface area contributed by atoms with Crippen molar-refractivity contribution in [2.24, 2.45) is 0 Å². The van der Waals surface area contributed by atoms with Gasteiger partial charge in [0.2, 0.25) is 5.91 Å². The number of halogens is 2. The smallest absolute Gasteiger partial charge is 0.239 e. The average Bonchev–Trinajstić information content (AvgIpc) is 3.16. The zero-order valence-electron chi connectivity index (χ0n) is 23.8. The van der Waals surface area contributed by atoms with Crippen LogP contribution in [-0.4, -0.2) is 67.1 Å². The van der Waals surface area contributed by atoms with Crippen molar-refractivity contribution in [3.8, 4) is 0 Å². The van der Waals surface area contributed by atoms with E-state index in [1.165, 1.54) is 36.0 Å². The number of hydrogen-bond acceptors (Lipinski definition) is 4. The molecule has 0 radical (unpaired) electrons. The molecule has 0 unspecified atom stereocenters. The summed E-state index contributed by atoms with van der Waals surface area (Å²) in [4.78, 5) is 18.8. The van der Waals surface area contributed by atoms with Crippen molar-refractivity contribution >= 4 is 40.1 Å². The van der Waals surface area contributed by atoms with E-state index < -0.39 is 0 Å². The Morgan fingerprint density at radius 1 is 0.927 bits per heavy atom. The maximum Gasteiger partial charge on any atom is 0.239 e. The lowest BCUT2D eigenvalue weighted by atomic mass is 9.90. The molecule has 0 saturated carbocycles. The maximum atomic E-state index is 14.1. The van der Waals surface area contributed by atoms with Crippen LogP contribution in [0.2, 0.25) is 5.02 Å². The van der Waals surface area contributed by atoms with Crippen molar-refractivity contribution in [3.63, 3.8) is 0 Å². The van der Waals surface area contributed by atoms with Crippen LogP contribution in [0.5, 0.6) is 0 Å². The first-order valence-electron chi connectivity index (χ1n) is 15.1. The van der Waals surface area contributed by atoms with Gasteiger partial charge in [-0.15, -0.1) is 0 Å². The second kappa shape index (κ2) is 15.5. The minimum absolute atomic E-state index is 0.145. The quantitative estimate of drug-likeness (QED) is 0.233.